The number of oxime groups is 1. The number of nitrogens with one attached hydrogen (secondary N) is 3. The molecule has 0 spiro atoms. The van der Waals surface area contributed by atoms with Crippen LogP contribution in [0.5, 0.6) is 11.8 Å². The number of amides is 2. The standard InChI is InChI=1S/C17H19N5O6S.C17H29NO3S/c1-27-13-9-14(28-2)19-16(18-13)20-17(24)22-29(25,26)21-12-6-4-3-5-11(12)15(23)10-7-8-10;1-5-8-14(18-21-6-2)17-15(19)10-13(11-16(17)20)9-12(4)22-7-3/h3-6,9-10,21H,7-8H2,1-2H3,(H2,18,19,20,22,24);12-13,19H,5-11H2,1-4H3. The molecule has 2 aliphatic rings. The molecule has 4 N–H and O–H groups in total. The summed E-state index contributed by atoms with van der Waals surface area (Å²) in [6.45, 7) is 8.67. The van der Waals surface area contributed by atoms with Gasteiger partial charge in [-0.25, -0.2) is 9.52 Å². The summed E-state index contributed by atoms with van der Waals surface area (Å²) < 4.78 is 38.5. The summed E-state index contributed by atoms with van der Waals surface area (Å²) in [5, 5.41) is 17.1. The molecule has 2 amide bonds. The molecule has 2 aliphatic carbocycles. The van der Waals surface area contributed by atoms with Gasteiger partial charge in [0.25, 0.3) is 0 Å². The zero-order valence-electron chi connectivity index (χ0n) is 29.9. The van der Waals surface area contributed by atoms with Crippen LogP contribution in [0.1, 0.15) is 83.0 Å². The van der Waals surface area contributed by atoms with Gasteiger partial charge in [-0.3, -0.25) is 19.6 Å². The van der Waals surface area contributed by atoms with Gasteiger partial charge in [-0.15, -0.1) is 0 Å². The van der Waals surface area contributed by atoms with Crippen molar-refractivity contribution < 1.29 is 42.2 Å². The number of carbonyl (C=O) groups excluding carboxylic acids is 3. The molecule has 1 heterocycles. The van der Waals surface area contributed by atoms with E-state index in [4.69, 9.17) is 14.3 Å². The van der Waals surface area contributed by atoms with Crippen LogP contribution in [0.3, 0.4) is 0 Å². The monoisotopic (exact) mass is 748 g/mol. The summed E-state index contributed by atoms with van der Waals surface area (Å²) in [5.74, 6) is 1.30. The Balaban J connectivity index is 0.000000287. The Kier molecular flexibility index (Phi) is 16.0. The van der Waals surface area contributed by atoms with E-state index in [1.54, 1.807) is 16.9 Å². The van der Waals surface area contributed by atoms with Gasteiger partial charge < -0.3 is 19.4 Å². The number of allylic oxidation sites excluding steroid dienone is 2. The number of anilines is 2. The van der Waals surface area contributed by atoms with E-state index in [0.717, 1.165) is 31.4 Å². The number of para-hydroxylation sites is 1. The fourth-order valence-electron chi connectivity index (χ4n) is 5.33. The Bertz CT molecular complexity index is 1670. The van der Waals surface area contributed by atoms with E-state index < -0.39 is 16.2 Å². The maximum absolute atomic E-state index is 12.5. The van der Waals surface area contributed by atoms with E-state index in [-0.39, 0.29) is 58.1 Å². The van der Waals surface area contributed by atoms with Crippen molar-refractivity contribution in [3.8, 4) is 11.8 Å². The predicted octanol–water partition coefficient (Wildman–Crippen LogP) is 6.07. The number of urea groups is 1. The third-order valence-corrected chi connectivity index (χ3v) is 9.69. The van der Waals surface area contributed by atoms with Gasteiger partial charge in [0.05, 0.1) is 37.3 Å². The molecule has 1 aromatic heterocycles. The molecule has 0 radical (unpaired) electrons. The summed E-state index contributed by atoms with van der Waals surface area (Å²) in [6, 6.07) is 6.48. The number of aliphatic hydroxyl groups excluding tert-OH is 1. The molecule has 1 fully saturated rings. The van der Waals surface area contributed by atoms with E-state index in [1.165, 1.54) is 32.4 Å². The molecule has 2 unspecified atom stereocenters. The highest BCUT2D eigenvalue weighted by molar-refractivity contribution is 7.99. The van der Waals surface area contributed by atoms with Gasteiger partial charge in [0.2, 0.25) is 17.7 Å². The summed E-state index contributed by atoms with van der Waals surface area (Å²) in [6.07, 6.45) is 5.12. The smallest absolute Gasteiger partial charge is 0.336 e. The second-order valence-corrected chi connectivity index (χ2v) is 15.0. The Labute approximate surface area is 303 Å². The Hall–Kier alpha value is -4.38. The normalized spacial score (nSPS) is 16.7. The Morgan fingerprint density at radius 3 is 2.31 bits per heavy atom. The van der Waals surface area contributed by atoms with Crippen LogP contribution in [-0.2, 0) is 19.8 Å². The molecule has 1 saturated carbocycles. The van der Waals surface area contributed by atoms with Crippen molar-refractivity contribution in [3.63, 3.8) is 0 Å². The quantitative estimate of drug-likeness (QED) is 0.0827. The van der Waals surface area contributed by atoms with E-state index >= 15 is 0 Å². The van der Waals surface area contributed by atoms with Gasteiger partial charge in [0.15, 0.2) is 11.6 Å². The first-order chi connectivity index (χ1) is 24.3. The zero-order valence-corrected chi connectivity index (χ0v) is 31.5. The minimum Gasteiger partial charge on any atom is -0.511 e. The van der Waals surface area contributed by atoms with Crippen molar-refractivity contribution in [3.05, 3.63) is 47.2 Å². The summed E-state index contributed by atoms with van der Waals surface area (Å²) in [7, 11) is -1.61. The first-order valence-corrected chi connectivity index (χ1v) is 19.4. The number of rotatable bonds is 17. The number of Topliss-reactive ketones (excluding diaryl/α,β-unsaturated/α-hetero) is 2. The highest BCUT2D eigenvalue weighted by Gasteiger charge is 2.33. The number of ether oxygens (including phenoxy) is 2. The fraction of sp³-hybridized carbons (Fsp3) is 0.529. The number of hydrogen-bond acceptors (Lipinski definition) is 13. The van der Waals surface area contributed by atoms with Gasteiger partial charge in [0, 0.05) is 29.6 Å². The van der Waals surface area contributed by atoms with Crippen molar-refractivity contribution in [2.75, 3.05) is 36.6 Å². The number of aromatic nitrogens is 2. The van der Waals surface area contributed by atoms with Crippen LogP contribution < -0.4 is 24.2 Å². The first kappa shape index (κ1) is 41.0. The molecule has 51 heavy (non-hydrogen) atoms. The average Bonchev–Trinajstić information content (AvgIpc) is 3.92. The van der Waals surface area contributed by atoms with Crippen LogP contribution in [0, 0.1) is 11.8 Å². The minimum atomic E-state index is -4.33. The molecule has 4 rings (SSSR count). The van der Waals surface area contributed by atoms with Gasteiger partial charge in [-0.1, -0.05) is 44.5 Å². The maximum atomic E-state index is 12.5. The number of hydrogen-bond donors (Lipinski definition) is 4. The number of aliphatic hydroxyl groups is 1. The van der Waals surface area contributed by atoms with Gasteiger partial charge in [-0.2, -0.15) is 30.1 Å². The van der Waals surface area contributed by atoms with Crippen molar-refractivity contribution >= 4 is 56.9 Å². The molecule has 0 saturated heterocycles. The molecule has 2 atom stereocenters. The van der Waals surface area contributed by atoms with Gasteiger partial charge >= 0.3 is 16.2 Å². The minimum absolute atomic E-state index is 0.00866. The largest absolute Gasteiger partial charge is 0.511 e. The molecule has 1 aromatic carbocycles. The van der Waals surface area contributed by atoms with E-state index in [2.05, 4.69) is 39.0 Å². The third kappa shape index (κ3) is 13.0. The summed E-state index contributed by atoms with van der Waals surface area (Å²) in [4.78, 5) is 49.7. The van der Waals surface area contributed by atoms with Crippen LogP contribution in [-0.4, -0.2) is 78.6 Å². The topological polar surface area (TPSA) is 208 Å². The van der Waals surface area contributed by atoms with E-state index in [9.17, 15) is 27.9 Å². The maximum Gasteiger partial charge on any atom is 0.336 e. The van der Waals surface area contributed by atoms with Crippen LogP contribution in [0.2, 0.25) is 0 Å². The molecule has 17 heteroatoms. The number of benzene rings is 1. The zero-order chi connectivity index (χ0) is 37.6. The molecule has 2 aromatic rings. The predicted molar refractivity (Wildman–Crippen MR) is 197 cm³/mol. The number of methoxy groups -OCH3 is 2. The molecule has 15 nitrogen and oxygen atoms in total. The Morgan fingerprint density at radius 1 is 1.08 bits per heavy atom. The lowest BCUT2D eigenvalue weighted by molar-refractivity contribution is -0.116. The van der Waals surface area contributed by atoms with Crippen molar-refractivity contribution in [1.29, 1.82) is 0 Å². The number of nitrogens with zero attached hydrogens (tertiary/aromatic N) is 3. The lowest BCUT2D eigenvalue weighted by atomic mass is 9.82. The second kappa shape index (κ2) is 19.9. The number of carbonyl (C=O) groups is 3. The molecular formula is C34H48N6O9S2. The lowest BCUT2D eigenvalue weighted by Crippen LogP contribution is -2.38. The SMILES string of the molecule is CCCC(=NOCC)C1=C(O)CC(CC(C)SCC)CC1=O.COc1cc(OC)nc(NC(=O)NS(=O)(=O)Nc2ccccc2C(=O)C2CC2)n1. The van der Waals surface area contributed by atoms with Crippen molar-refractivity contribution in [2.45, 2.75) is 77.9 Å². The first-order valence-electron chi connectivity index (χ1n) is 16.8. The molecule has 0 bridgehead atoms. The summed E-state index contributed by atoms with van der Waals surface area (Å²) in [5.41, 5.74) is 1.34. The van der Waals surface area contributed by atoms with Crippen LogP contribution >= 0.6 is 11.8 Å². The van der Waals surface area contributed by atoms with E-state index in [0.29, 0.717) is 42.4 Å². The lowest BCUT2D eigenvalue weighted by Gasteiger charge is -2.25. The van der Waals surface area contributed by atoms with Gasteiger partial charge in [-0.05, 0) is 56.4 Å². The van der Waals surface area contributed by atoms with Crippen molar-refractivity contribution in [2.24, 2.45) is 17.0 Å². The highest BCUT2D eigenvalue weighted by atomic mass is 32.2. The fourth-order valence-corrected chi connectivity index (χ4v) is 7.12. The van der Waals surface area contributed by atoms with Crippen molar-refractivity contribution in [1.82, 2.24) is 14.7 Å². The Morgan fingerprint density at radius 2 is 1.75 bits per heavy atom. The molecule has 0 aliphatic heterocycles. The van der Waals surface area contributed by atoms with Crippen LogP contribution in [0.15, 0.2) is 46.8 Å². The van der Waals surface area contributed by atoms with Gasteiger partial charge in [0.1, 0.15) is 12.4 Å². The van der Waals surface area contributed by atoms with Crippen LogP contribution in [0.25, 0.3) is 0 Å². The summed E-state index contributed by atoms with van der Waals surface area (Å²) >= 11 is 1.90. The van der Waals surface area contributed by atoms with E-state index in [1.807, 2.05) is 25.6 Å². The number of thioether (sulfide) groups is 1. The second-order valence-electron chi connectivity index (χ2n) is 11.8. The third-order valence-electron chi connectivity index (χ3n) is 7.65. The highest BCUT2D eigenvalue weighted by Crippen LogP contribution is 2.35. The molecular weight excluding hydrogens is 701 g/mol. The van der Waals surface area contributed by atoms with Crippen LogP contribution in [0.4, 0.5) is 16.4 Å². The molecule has 280 valence electrons. The number of ketones is 2. The average molecular weight is 749 g/mol.